The van der Waals surface area contributed by atoms with Crippen LogP contribution >= 0.6 is 0 Å². The molecule has 0 aromatic rings. The Hall–Kier alpha value is -4.19. The molecule has 0 saturated heterocycles. The van der Waals surface area contributed by atoms with Crippen LogP contribution in [0.2, 0.25) is 0 Å². The van der Waals surface area contributed by atoms with E-state index in [1.54, 1.807) is 6.08 Å². The lowest BCUT2D eigenvalue weighted by atomic mass is 10.1. The summed E-state index contributed by atoms with van der Waals surface area (Å²) < 4.78 is 16.6. The minimum Gasteiger partial charge on any atom is -0.462 e. The topological polar surface area (TPSA) is 78.9 Å². The van der Waals surface area contributed by atoms with Gasteiger partial charge in [0.25, 0.3) is 0 Å². The first-order valence-electron chi connectivity index (χ1n) is 25.5. The maximum absolute atomic E-state index is 12.7. The molecule has 0 aromatic carbocycles. The lowest BCUT2D eigenvalue weighted by Crippen LogP contribution is -2.30. The van der Waals surface area contributed by atoms with Gasteiger partial charge < -0.3 is 14.2 Å². The molecule has 0 fully saturated rings. The Morgan fingerprint density at radius 3 is 1.03 bits per heavy atom. The molecule has 0 aliphatic rings. The monoisotopic (exact) mass is 885 g/mol. The number of ether oxygens (including phenoxy) is 3. The van der Waals surface area contributed by atoms with Gasteiger partial charge in [-0.25, -0.2) is 0 Å². The predicted octanol–water partition coefficient (Wildman–Crippen LogP) is 16.9. The second-order valence-corrected chi connectivity index (χ2v) is 16.3. The molecule has 1 atom stereocenters. The summed E-state index contributed by atoms with van der Waals surface area (Å²) in [4.78, 5) is 37.8. The first kappa shape index (κ1) is 59.8. The molecule has 0 amide bonds. The van der Waals surface area contributed by atoms with Gasteiger partial charge >= 0.3 is 17.9 Å². The van der Waals surface area contributed by atoms with Crippen molar-refractivity contribution in [3.8, 4) is 0 Å². The van der Waals surface area contributed by atoms with Crippen LogP contribution in [0.4, 0.5) is 0 Å². The summed E-state index contributed by atoms with van der Waals surface area (Å²) >= 11 is 0. The fourth-order valence-corrected chi connectivity index (χ4v) is 6.48. The smallest absolute Gasteiger partial charge is 0.310 e. The van der Waals surface area contributed by atoms with E-state index in [0.29, 0.717) is 19.3 Å². The molecule has 0 N–H and O–H groups in total. The van der Waals surface area contributed by atoms with Crippen LogP contribution in [0, 0.1) is 0 Å². The van der Waals surface area contributed by atoms with Crippen molar-refractivity contribution in [1.82, 2.24) is 0 Å². The van der Waals surface area contributed by atoms with Gasteiger partial charge in [-0.15, -0.1) is 0 Å². The third-order valence-electron chi connectivity index (χ3n) is 10.2. The van der Waals surface area contributed by atoms with Crippen molar-refractivity contribution in [1.29, 1.82) is 0 Å². The number of carbonyl (C=O) groups is 3. The summed E-state index contributed by atoms with van der Waals surface area (Å²) in [5.41, 5.74) is 0. The summed E-state index contributed by atoms with van der Waals surface area (Å²) in [6.07, 6.45) is 70.8. The summed E-state index contributed by atoms with van der Waals surface area (Å²) in [5.74, 6) is -1.08. The van der Waals surface area contributed by atoms with Gasteiger partial charge in [0.2, 0.25) is 0 Å². The number of rotatable bonds is 44. The molecule has 0 aromatic heterocycles. The first-order chi connectivity index (χ1) is 31.5. The van der Waals surface area contributed by atoms with Gasteiger partial charge in [-0.3, -0.25) is 14.4 Å². The van der Waals surface area contributed by atoms with Crippen molar-refractivity contribution in [2.75, 3.05) is 13.2 Å². The van der Waals surface area contributed by atoms with Crippen LogP contribution in [-0.2, 0) is 28.6 Å². The molecular weight excluding hydrogens is 793 g/mol. The highest BCUT2D eigenvalue weighted by Crippen LogP contribution is 2.13. The maximum atomic E-state index is 12.7. The van der Waals surface area contributed by atoms with Crippen molar-refractivity contribution >= 4 is 17.9 Å². The Morgan fingerprint density at radius 1 is 0.344 bits per heavy atom. The molecule has 0 bridgehead atoms. The third kappa shape index (κ3) is 48.8. The van der Waals surface area contributed by atoms with Crippen molar-refractivity contribution in [3.63, 3.8) is 0 Å². The molecule has 360 valence electrons. The Bertz CT molecular complexity index is 1390. The standard InChI is InChI=1S/C58H92O6/c1-4-7-10-13-16-19-21-23-25-26-27-28-29-30-31-32-34-35-37-39-42-45-48-51-57(60)63-54-55(53-62-56(59)50-47-44-41-18-15-12-9-6-3)64-58(61)52-49-46-43-40-38-36-33-24-22-20-17-14-11-8-5-2/h7-8,10-11,16-17,19-20,23-25,27-28,30-31,33,38,40,46,49,55H,4-6,9,12-15,18,21-22,26,29,32,34-37,39,41-45,47-48,50-54H2,1-3H3/b10-7-,11-8-,19-16-,20-17-,25-23-,28-27-,31-30-,33-24-,40-38-,49-46-. The average Bonchev–Trinajstić information content (AvgIpc) is 3.29. The van der Waals surface area contributed by atoms with Gasteiger partial charge in [-0.05, 0) is 89.9 Å². The van der Waals surface area contributed by atoms with Crippen molar-refractivity contribution < 1.29 is 28.6 Å². The van der Waals surface area contributed by atoms with E-state index in [1.807, 2.05) is 6.08 Å². The van der Waals surface area contributed by atoms with Gasteiger partial charge in [0.05, 0.1) is 6.42 Å². The van der Waals surface area contributed by atoms with Crippen LogP contribution in [0.25, 0.3) is 0 Å². The number of allylic oxidation sites excluding steroid dienone is 19. The van der Waals surface area contributed by atoms with Crippen molar-refractivity contribution in [2.24, 2.45) is 0 Å². The number of esters is 3. The minimum atomic E-state index is -0.837. The van der Waals surface area contributed by atoms with Crippen LogP contribution in [-0.4, -0.2) is 37.2 Å². The Balaban J connectivity index is 4.40. The Kier molecular flexibility index (Phi) is 48.1. The van der Waals surface area contributed by atoms with Gasteiger partial charge in [0, 0.05) is 12.8 Å². The highest BCUT2D eigenvalue weighted by Gasteiger charge is 2.19. The zero-order valence-corrected chi connectivity index (χ0v) is 41.0. The SMILES string of the molecule is CC/C=C\C/C=C\C/C=C\C/C=C\C/C=C\CCCCCCCCCC(=O)OCC(COC(=O)CCCCCCCCCC)OC(=O)C/C=C\C/C=C\C/C=C\C/C=C\C/C=C\CC. The van der Waals surface area contributed by atoms with Gasteiger partial charge in [-0.1, -0.05) is 219 Å². The van der Waals surface area contributed by atoms with E-state index in [1.165, 1.54) is 57.8 Å². The molecule has 0 rings (SSSR count). The first-order valence-corrected chi connectivity index (χ1v) is 25.5. The Morgan fingerprint density at radius 2 is 0.656 bits per heavy atom. The fraction of sp³-hybridized carbons (Fsp3) is 0.603. The summed E-state index contributed by atoms with van der Waals surface area (Å²) in [7, 11) is 0. The van der Waals surface area contributed by atoms with E-state index in [9.17, 15) is 14.4 Å². The Labute approximate surface area is 392 Å². The van der Waals surface area contributed by atoms with E-state index in [4.69, 9.17) is 14.2 Å². The summed E-state index contributed by atoms with van der Waals surface area (Å²) in [5, 5.41) is 0. The molecule has 64 heavy (non-hydrogen) atoms. The van der Waals surface area contributed by atoms with E-state index in [0.717, 1.165) is 103 Å². The molecule has 0 heterocycles. The average molecular weight is 885 g/mol. The number of unbranched alkanes of at least 4 members (excludes halogenated alkanes) is 14. The van der Waals surface area contributed by atoms with Gasteiger partial charge in [-0.2, -0.15) is 0 Å². The zero-order valence-electron chi connectivity index (χ0n) is 41.0. The predicted molar refractivity (Wildman–Crippen MR) is 274 cm³/mol. The van der Waals surface area contributed by atoms with E-state index < -0.39 is 12.1 Å². The van der Waals surface area contributed by atoms with Crippen LogP contribution in [0.1, 0.15) is 207 Å². The largest absolute Gasteiger partial charge is 0.462 e. The second-order valence-electron chi connectivity index (χ2n) is 16.3. The molecule has 6 nitrogen and oxygen atoms in total. The summed E-state index contributed by atoms with van der Waals surface area (Å²) in [6.45, 7) is 6.26. The van der Waals surface area contributed by atoms with Crippen molar-refractivity contribution in [3.05, 3.63) is 122 Å². The zero-order chi connectivity index (χ0) is 46.5. The van der Waals surface area contributed by atoms with Crippen molar-refractivity contribution in [2.45, 2.75) is 213 Å². The van der Waals surface area contributed by atoms with E-state index in [2.05, 4.69) is 130 Å². The quantitative estimate of drug-likeness (QED) is 0.0262. The van der Waals surface area contributed by atoms with Crippen LogP contribution in [0.15, 0.2) is 122 Å². The number of carbonyl (C=O) groups excluding carboxylic acids is 3. The highest BCUT2D eigenvalue weighted by molar-refractivity contribution is 5.72. The molecule has 0 aliphatic carbocycles. The minimum absolute atomic E-state index is 0.0908. The molecule has 1 unspecified atom stereocenters. The molecule has 0 radical (unpaired) electrons. The fourth-order valence-electron chi connectivity index (χ4n) is 6.48. The summed E-state index contributed by atoms with van der Waals surface area (Å²) in [6, 6.07) is 0. The third-order valence-corrected chi connectivity index (χ3v) is 10.2. The molecular formula is C58H92O6. The number of hydrogen-bond acceptors (Lipinski definition) is 6. The molecule has 0 aliphatic heterocycles. The van der Waals surface area contributed by atoms with Gasteiger partial charge in [0.1, 0.15) is 13.2 Å². The van der Waals surface area contributed by atoms with Crippen LogP contribution < -0.4 is 0 Å². The number of hydrogen-bond donors (Lipinski definition) is 0. The van der Waals surface area contributed by atoms with Crippen LogP contribution in [0.5, 0.6) is 0 Å². The van der Waals surface area contributed by atoms with E-state index >= 15 is 0 Å². The van der Waals surface area contributed by atoms with E-state index in [-0.39, 0.29) is 31.6 Å². The highest BCUT2D eigenvalue weighted by atomic mass is 16.6. The molecule has 0 saturated carbocycles. The normalized spacial score (nSPS) is 13.1. The lowest BCUT2D eigenvalue weighted by Gasteiger charge is -2.18. The van der Waals surface area contributed by atoms with Crippen LogP contribution in [0.3, 0.4) is 0 Å². The molecule has 0 spiro atoms. The second kappa shape index (κ2) is 51.4. The lowest BCUT2D eigenvalue weighted by molar-refractivity contribution is -0.166. The van der Waals surface area contributed by atoms with Gasteiger partial charge in [0.15, 0.2) is 6.10 Å². The molecule has 6 heteroatoms. The maximum Gasteiger partial charge on any atom is 0.310 e.